The van der Waals surface area contributed by atoms with Crippen molar-refractivity contribution in [2.75, 3.05) is 4.90 Å². The quantitative estimate of drug-likeness (QED) is 0.195. The largest absolute Gasteiger partial charge is 0.416 e. The summed E-state index contributed by atoms with van der Waals surface area (Å²) in [5, 5.41) is 11.3. The smallest absolute Gasteiger partial charge is 0.248 e. The minimum absolute atomic E-state index is 0.510. The average Bonchev–Trinajstić information content (AvgIpc) is 3.38. The minimum atomic E-state index is 0.510. The molecule has 7 aromatic rings. The molecule has 1 unspecified atom stereocenters. The number of aromatic nitrogens is 3. The molecule has 0 aliphatic heterocycles. The predicted molar refractivity (Wildman–Crippen MR) is 183 cm³/mol. The van der Waals surface area contributed by atoms with Crippen LogP contribution in [0, 0.1) is 25.7 Å². The Morgan fingerprint density at radius 2 is 1.42 bits per heavy atom. The van der Waals surface area contributed by atoms with Crippen LogP contribution >= 0.6 is 0 Å². The van der Waals surface area contributed by atoms with E-state index in [1.165, 1.54) is 45.9 Å². The second-order valence-electron chi connectivity index (χ2n) is 12.5. The summed E-state index contributed by atoms with van der Waals surface area (Å²) >= 11 is 0. The molecule has 0 radical (unpaired) electrons. The SMILES string of the molecule is Cc1ccc(-c2nnc(-c3ccc(N(c4ccccc4)c4ccc5c(c4)c4ccccc4n5C4=CC5C[C@@H]5C4)cc3)o2)c(C)c1. The third-order valence-electron chi connectivity index (χ3n) is 9.48. The van der Waals surface area contributed by atoms with Crippen molar-refractivity contribution >= 4 is 44.6 Å². The number of anilines is 3. The molecule has 45 heavy (non-hydrogen) atoms. The van der Waals surface area contributed by atoms with E-state index in [0.29, 0.717) is 11.8 Å². The van der Waals surface area contributed by atoms with E-state index in [-0.39, 0.29) is 0 Å². The van der Waals surface area contributed by atoms with Gasteiger partial charge in [0.1, 0.15) is 0 Å². The number of aryl methyl sites for hydroxylation is 2. The highest BCUT2D eigenvalue weighted by atomic mass is 16.4. The molecule has 0 bridgehead atoms. The van der Waals surface area contributed by atoms with E-state index < -0.39 is 0 Å². The van der Waals surface area contributed by atoms with Gasteiger partial charge in [0, 0.05) is 44.7 Å². The molecule has 2 aliphatic rings. The van der Waals surface area contributed by atoms with Crippen molar-refractivity contribution in [3.63, 3.8) is 0 Å². The maximum absolute atomic E-state index is 6.15. The van der Waals surface area contributed by atoms with Crippen molar-refractivity contribution in [2.45, 2.75) is 26.7 Å². The van der Waals surface area contributed by atoms with Gasteiger partial charge in [-0.2, -0.15) is 0 Å². The first-order chi connectivity index (χ1) is 22.1. The normalized spacial score (nSPS) is 17.1. The Morgan fingerprint density at radius 3 is 2.22 bits per heavy atom. The van der Waals surface area contributed by atoms with Crippen LogP contribution in [0.1, 0.15) is 24.0 Å². The molecular formula is C40H32N4O. The zero-order valence-corrected chi connectivity index (χ0v) is 25.3. The predicted octanol–water partition coefficient (Wildman–Crippen LogP) is 10.5. The van der Waals surface area contributed by atoms with Gasteiger partial charge in [-0.15, -0.1) is 10.2 Å². The zero-order chi connectivity index (χ0) is 30.1. The molecule has 2 atom stereocenters. The van der Waals surface area contributed by atoms with Crippen LogP contribution in [0.15, 0.2) is 126 Å². The number of benzene rings is 5. The Kier molecular flexibility index (Phi) is 5.82. The second kappa shape index (κ2) is 10.1. The fraction of sp³-hybridized carbons (Fsp3) is 0.150. The number of fused-ring (bicyclic) bond motifs is 4. The van der Waals surface area contributed by atoms with Crippen LogP contribution in [0.5, 0.6) is 0 Å². The summed E-state index contributed by atoms with van der Waals surface area (Å²) in [4.78, 5) is 2.31. The average molecular weight is 585 g/mol. The summed E-state index contributed by atoms with van der Waals surface area (Å²) in [5.41, 5.74) is 11.5. The zero-order valence-electron chi connectivity index (χ0n) is 25.3. The Hall–Kier alpha value is -5.42. The first-order valence-corrected chi connectivity index (χ1v) is 15.7. The molecule has 1 saturated carbocycles. The van der Waals surface area contributed by atoms with Gasteiger partial charge in [0.15, 0.2) is 0 Å². The molecule has 0 N–H and O–H groups in total. The Balaban J connectivity index is 1.12. The molecular weight excluding hydrogens is 552 g/mol. The lowest BCUT2D eigenvalue weighted by molar-refractivity contribution is 0.584. The highest BCUT2D eigenvalue weighted by Gasteiger charge is 2.41. The second-order valence-corrected chi connectivity index (χ2v) is 12.5. The number of hydrogen-bond donors (Lipinski definition) is 0. The fourth-order valence-corrected chi connectivity index (χ4v) is 7.15. The van der Waals surface area contributed by atoms with Gasteiger partial charge in [-0.1, -0.05) is 60.2 Å². The lowest BCUT2D eigenvalue weighted by Gasteiger charge is -2.25. The Bertz CT molecular complexity index is 2260. The van der Waals surface area contributed by atoms with Crippen molar-refractivity contribution in [3.05, 3.63) is 132 Å². The first kappa shape index (κ1) is 26.0. The summed E-state index contributed by atoms with van der Waals surface area (Å²) in [7, 11) is 0. The van der Waals surface area contributed by atoms with Crippen molar-refractivity contribution in [1.82, 2.24) is 14.8 Å². The number of para-hydroxylation sites is 2. The third kappa shape index (κ3) is 4.38. The van der Waals surface area contributed by atoms with Crippen molar-refractivity contribution in [2.24, 2.45) is 11.8 Å². The van der Waals surface area contributed by atoms with Crippen LogP contribution in [0.25, 0.3) is 50.4 Å². The standard InChI is InChI=1S/C40H32N4O/c1-25-12-18-34(26(2)20-25)40-42-41-39(45-40)27-13-15-31(16-14-27)43(30-8-4-3-5-9-30)32-17-19-38-36(24-32)35-10-6-7-11-37(35)44(38)33-22-28-21-29(28)23-33/h3-20,22,24,28-29H,21,23H2,1-2H3/t28?,29-/m1/s1. The molecule has 218 valence electrons. The summed E-state index contributed by atoms with van der Waals surface area (Å²) in [6.07, 6.45) is 5.04. The van der Waals surface area contributed by atoms with Gasteiger partial charge < -0.3 is 13.9 Å². The summed E-state index contributed by atoms with van der Waals surface area (Å²) in [5.74, 6) is 2.67. The summed E-state index contributed by atoms with van der Waals surface area (Å²) < 4.78 is 8.65. The first-order valence-electron chi connectivity index (χ1n) is 15.7. The highest BCUT2D eigenvalue weighted by Crippen LogP contribution is 2.53. The lowest BCUT2D eigenvalue weighted by atomic mass is 10.1. The van der Waals surface area contributed by atoms with Crippen LogP contribution in [-0.4, -0.2) is 14.8 Å². The van der Waals surface area contributed by atoms with Gasteiger partial charge in [-0.25, -0.2) is 0 Å². The van der Waals surface area contributed by atoms with Crippen molar-refractivity contribution in [1.29, 1.82) is 0 Å². The van der Waals surface area contributed by atoms with Crippen molar-refractivity contribution < 1.29 is 4.42 Å². The molecule has 0 amide bonds. The highest BCUT2D eigenvalue weighted by molar-refractivity contribution is 6.11. The van der Waals surface area contributed by atoms with E-state index in [9.17, 15) is 0 Å². The maximum Gasteiger partial charge on any atom is 0.248 e. The molecule has 0 spiro atoms. The van der Waals surface area contributed by atoms with E-state index in [4.69, 9.17) is 4.42 Å². The molecule has 2 heterocycles. The minimum Gasteiger partial charge on any atom is -0.416 e. The van der Waals surface area contributed by atoms with Crippen LogP contribution in [0.4, 0.5) is 17.1 Å². The van der Waals surface area contributed by atoms with Crippen LogP contribution in [0.2, 0.25) is 0 Å². The van der Waals surface area contributed by atoms with E-state index in [1.807, 2.05) is 6.07 Å². The number of nitrogens with zero attached hydrogens (tertiary/aromatic N) is 4. The third-order valence-corrected chi connectivity index (χ3v) is 9.48. The van der Waals surface area contributed by atoms with Crippen LogP contribution in [0.3, 0.4) is 0 Å². The van der Waals surface area contributed by atoms with Gasteiger partial charge in [0.05, 0.1) is 11.0 Å². The lowest BCUT2D eigenvalue weighted by Crippen LogP contribution is -2.09. The number of hydrogen-bond acceptors (Lipinski definition) is 4. The van der Waals surface area contributed by atoms with E-state index >= 15 is 0 Å². The number of allylic oxidation sites excluding steroid dienone is 2. The summed E-state index contributed by atoms with van der Waals surface area (Å²) in [6, 6.07) is 40.9. The number of rotatable bonds is 6. The summed E-state index contributed by atoms with van der Waals surface area (Å²) in [6.45, 7) is 4.16. The van der Waals surface area contributed by atoms with E-state index in [2.05, 4.69) is 149 Å². The Labute approximate surface area is 262 Å². The molecule has 5 heteroatoms. The van der Waals surface area contributed by atoms with Gasteiger partial charge in [0.2, 0.25) is 11.8 Å². The van der Waals surface area contributed by atoms with Gasteiger partial charge in [-0.3, -0.25) is 0 Å². The molecule has 1 fully saturated rings. The van der Waals surface area contributed by atoms with Gasteiger partial charge >= 0.3 is 0 Å². The van der Waals surface area contributed by atoms with Gasteiger partial charge in [-0.05, 0) is 111 Å². The monoisotopic (exact) mass is 584 g/mol. The fourth-order valence-electron chi connectivity index (χ4n) is 7.15. The molecule has 5 nitrogen and oxygen atoms in total. The Morgan fingerprint density at radius 1 is 0.689 bits per heavy atom. The van der Waals surface area contributed by atoms with Crippen molar-refractivity contribution in [3.8, 4) is 22.9 Å². The molecule has 0 saturated heterocycles. The maximum atomic E-state index is 6.15. The van der Waals surface area contributed by atoms with E-state index in [1.54, 1.807) is 0 Å². The van der Waals surface area contributed by atoms with Gasteiger partial charge in [0.25, 0.3) is 0 Å². The topological polar surface area (TPSA) is 47.1 Å². The van der Waals surface area contributed by atoms with Crippen LogP contribution < -0.4 is 4.90 Å². The molecule has 2 aliphatic carbocycles. The molecule has 5 aromatic carbocycles. The molecule has 9 rings (SSSR count). The van der Waals surface area contributed by atoms with E-state index in [0.717, 1.165) is 45.6 Å². The molecule has 2 aromatic heterocycles. The van der Waals surface area contributed by atoms with Crippen LogP contribution in [-0.2, 0) is 0 Å².